The minimum absolute atomic E-state index is 0.114. The van der Waals surface area contributed by atoms with Crippen molar-refractivity contribution in [3.63, 3.8) is 0 Å². The van der Waals surface area contributed by atoms with Crippen molar-refractivity contribution in [2.45, 2.75) is 45.1 Å². The number of aromatic nitrogens is 3. The molecule has 10 nitrogen and oxygen atoms in total. The Bertz CT molecular complexity index is 1450. The van der Waals surface area contributed by atoms with Crippen LogP contribution in [0.25, 0.3) is 0 Å². The monoisotopic (exact) mass is 556 g/mol. The van der Waals surface area contributed by atoms with E-state index in [0.29, 0.717) is 29.0 Å². The Morgan fingerprint density at radius 1 is 1.20 bits per heavy atom. The lowest BCUT2D eigenvalue weighted by Gasteiger charge is -2.31. The molecule has 2 aliphatic rings. The zero-order chi connectivity index (χ0) is 29.3. The Labute approximate surface area is 242 Å². The van der Waals surface area contributed by atoms with Crippen LogP contribution in [0.3, 0.4) is 0 Å². The molecule has 1 saturated heterocycles. The van der Waals surface area contributed by atoms with E-state index in [1.807, 2.05) is 31.2 Å². The molecule has 1 atom stereocenters. The normalized spacial score (nSPS) is 17.5. The van der Waals surface area contributed by atoms with Gasteiger partial charge in [0.15, 0.2) is 0 Å². The van der Waals surface area contributed by atoms with Gasteiger partial charge >= 0.3 is 0 Å². The first-order valence-corrected chi connectivity index (χ1v) is 14.0. The maximum atomic E-state index is 12.5. The van der Waals surface area contributed by atoms with Crippen LogP contribution in [0.4, 0.5) is 34.4 Å². The number of carbonyl (C=O) groups excluding carboxylic acids is 1. The molecule has 0 spiro atoms. The number of hydrogen-bond acceptors (Lipinski definition) is 9. The molecule has 1 unspecified atom stereocenters. The van der Waals surface area contributed by atoms with Crippen LogP contribution in [0, 0.1) is 6.92 Å². The number of benzene rings is 1. The molecule has 0 radical (unpaired) electrons. The van der Waals surface area contributed by atoms with E-state index in [4.69, 9.17) is 9.72 Å². The number of pyridine rings is 1. The van der Waals surface area contributed by atoms with E-state index in [2.05, 4.69) is 75.9 Å². The van der Waals surface area contributed by atoms with Gasteiger partial charge in [-0.25, -0.2) is 9.97 Å². The fraction of sp³-hybridized carbons (Fsp3) is 0.419. The second-order valence-electron chi connectivity index (χ2n) is 11.7. The Morgan fingerprint density at radius 2 is 2.00 bits per heavy atom. The molecular weight excluding hydrogens is 516 g/mol. The third-order valence-corrected chi connectivity index (χ3v) is 7.71. The standard InChI is InChI=1S/C31H40N8O2/c1-8-29(40)36-22-14-23(26(41-7)15-25(22)38-13-9-10-21(38)17-37(5)6)35-27-16-28(33-19-32-27)39-18-31(3,4)30-24(39)12-11-20(2)34-30/h8,11-12,14-16,19,21H,1,9-10,13,17-18H2,2-7H3,(H,36,40)(H,32,33,35). The highest BCUT2D eigenvalue weighted by molar-refractivity contribution is 6.02. The first-order chi connectivity index (χ1) is 19.6. The van der Waals surface area contributed by atoms with Gasteiger partial charge in [0, 0.05) is 48.9 Å². The van der Waals surface area contributed by atoms with E-state index < -0.39 is 0 Å². The Hall–Kier alpha value is -4.18. The van der Waals surface area contributed by atoms with Crippen LogP contribution < -0.4 is 25.2 Å². The first kappa shape index (κ1) is 28.4. The first-order valence-electron chi connectivity index (χ1n) is 14.0. The molecule has 1 aromatic carbocycles. The van der Waals surface area contributed by atoms with Crippen LogP contribution in [0.5, 0.6) is 5.75 Å². The number of hydrogen-bond donors (Lipinski definition) is 2. The molecule has 5 rings (SSSR count). The quantitative estimate of drug-likeness (QED) is 0.352. The molecule has 2 aliphatic heterocycles. The molecule has 1 fully saturated rings. The average molecular weight is 557 g/mol. The van der Waals surface area contributed by atoms with E-state index >= 15 is 0 Å². The topological polar surface area (TPSA) is 98.8 Å². The molecular formula is C31H40N8O2. The van der Waals surface area contributed by atoms with Gasteiger partial charge in [0.25, 0.3) is 0 Å². The number of amides is 1. The molecule has 4 heterocycles. The van der Waals surface area contributed by atoms with Crippen LogP contribution in [-0.2, 0) is 10.2 Å². The number of likely N-dealkylation sites (N-methyl/N-ethyl adjacent to an activating group) is 1. The largest absolute Gasteiger partial charge is 0.494 e. The van der Waals surface area contributed by atoms with Gasteiger partial charge in [-0.05, 0) is 58.1 Å². The highest BCUT2D eigenvalue weighted by Crippen LogP contribution is 2.44. The van der Waals surface area contributed by atoms with Crippen LogP contribution in [0.1, 0.15) is 38.1 Å². The van der Waals surface area contributed by atoms with Gasteiger partial charge in [-0.1, -0.05) is 20.4 Å². The predicted octanol–water partition coefficient (Wildman–Crippen LogP) is 5.02. The van der Waals surface area contributed by atoms with Gasteiger partial charge in [0.1, 0.15) is 23.7 Å². The Balaban J connectivity index is 1.49. The van der Waals surface area contributed by atoms with E-state index in [1.165, 1.54) is 6.08 Å². The summed E-state index contributed by atoms with van der Waals surface area (Å²) in [6.45, 7) is 12.6. The molecule has 1 amide bonds. The van der Waals surface area contributed by atoms with Crippen LogP contribution in [0.15, 0.2) is 49.3 Å². The number of methoxy groups -OCH3 is 1. The van der Waals surface area contributed by atoms with Gasteiger partial charge in [-0.3, -0.25) is 9.78 Å². The van der Waals surface area contributed by atoms with E-state index in [9.17, 15) is 4.79 Å². The van der Waals surface area contributed by atoms with Gasteiger partial charge in [-0.2, -0.15) is 0 Å². The van der Waals surface area contributed by atoms with Crippen LogP contribution in [0.2, 0.25) is 0 Å². The SMILES string of the molecule is C=CC(=O)Nc1cc(Nc2cc(N3CC(C)(C)c4nc(C)ccc43)ncn2)c(OC)cc1N1CCCC1CN(C)C. The van der Waals surface area contributed by atoms with Gasteiger partial charge in [0.05, 0.1) is 35.6 Å². The van der Waals surface area contributed by atoms with Crippen molar-refractivity contribution in [2.75, 3.05) is 61.3 Å². The van der Waals surface area contributed by atoms with Crippen LogP contribution in [-0.4, -0.2) is 72.6 Å². The van der Waals surface area contributed by atoms with Crippen molar-refractivity contribution in [3.8, 4) is 5.75 Å². The summed E-state index contributed by atoms with van der Waals surface area (Å²) >= 11 is 0. The summed E-state index contributed by atoms with van der Waals surface area (Å²) in [6.07, 6.45) is 5.02. The van der Waals surface area contributed by atoms with Crippen LogP contribution >= 0.6 is 0 Å². The van der Waals surface area contributed by atoms with Gasteiger partial charge < -0.3 is 30.1 Å². The highest BCUT2D eigenvalue weighted by atomic mass is 16.5. The zero-order valence-electron chi connectivity index (χ0n) is 24.9. The second-order valence-corrected chi connectivity index (χ2v) is 11.7. The van der Waals surface area contributed by atoms with Crippen molar-refractivity contribution < 1.29 is 9.53 Å². The lowest BCUT2D eigenvalue weighted by atomic mass is 9.91. The molecule has 2 N–H and O–H groups in total. The Morgan fingerprint density at radius 3 is 2.73 bits per heavy atom. The third kappa shape index (κ3) is 5.83. The number of anilines is 6. The van der Waals surface area contributed by atoms with Crippen molar-refractivity contribution in [2.24, 2.45) is 0 Å². The lowest BCUT2D eigenvalue weighted by molar-refractivity contribution is -0.111. The molecule has 0 bridgehead atoms. The summed E-state index contributed by atoms with van der Waals surface area (Å²) in [5, 5.41) is 6.43. The summed E-state index contributed by atoms with van der Waals surface area (Å²) in [6, 6.07) is 10.3. The summed E-state index contributed by atoms with van der Waals surface area (Å²) < 4.78 is 5.84. The minimum Gasteiger partial charge on any atom is -0.494 e. The lowest BCUT2D eigenvalue weighted by Crippen LogP contribution is -2.38. The molecule has 3 aromatic rings. The number of nitrogens with zero attached hydrogens (tertiary/aromatic N) is 6. The minimum atomic E-state index is -0.269. The number of fused-ring (bicyclic) bond motifs is 1. The second kappa shape index (κ2) is 11.4. The van der Waals surface area contributed by atoms with Crippen molar-refractivity contribution >= 4 is 40.3 Å². The van der Waals surface area contributed by atoms with Gasteiger partial charge in [0.2, 0.25) is 5.91 Å². The van der Waals surface area contributed by atoms with Crippen molar-refractivity contribution in [1.82, 2.24) is 19.9 Å². The third-order valence-electron chi connectivity index (χ3n) is 7.71. The fourth-order valence-electron chi connectivity index (χ4n) is 5.85. The van der Waals surface area contributed by atoms with Crippen molar-refractivity contribution in [3.05, 3.63) is 60.7 Å². The number of ether oxygens (including phenoxy) is 1. The van der Waals surface area contributed by atoms with E-state index in [1.54, 1.807) is 13.4 Å². The maximum absolute atomic E-state index is 12.5. The highest BCUT2D eigenvalue weighted by Gasteiger charge is 2.38. The molecule has 41 heavy (non-hydrogen) atoms. The molecule has 10 heteroatoms. The smallest absolute Gasteiger partial charge is 0.247 e. The molecule has 0 aliphatic carbocycles. The number of carbonyl (C=O) groups is 1. The average Bonchev–Trinajstić information content (AvgIpc) is 3.49. The van der Waals surface area contributed by atoms with Gasteiger partial charge in [-0.15, -0.1) is 0 Å². The molecule has 0 saturated carbocycles. The summed E-state index contributed by atoms with van der Waals surface area (Å²) in [7, 11) is 5.82. The summed E-state index contributed by atoms with van der Waals surface area (Å²) in [5.41, 5.74) is 5.31. The van der Waals surface area contributed by atoms with E-state index in [0.717, 1.165) is 61.1 Å². The summed E-state index contributed by atoms with van der Waals surface area (Å²) in [4.78, 5) is 33.1. The summed E-state index contributed by atoms with van der Waals surface area (Å²) in [5.74, 6) is 1.77. The zero-order valence-corrected chi connectivity index (χ0v) is 24.9. The van der Waals surface area contributed by atoms with Crippen molar-refractivity contribution in [1.29, 1.82) is 0 Å². The maximum Gasteiger partial charge on any atom is 0.247 e. The molecule has 216 valence electrons. The fourth-order valence-corrected chi connectivity index (χ4v) is 5.85. The number of nitrogens with one attached hydrogen (secondary N) is 2. The number of aryl methyl sites for hydroxylation is 1. The van der Waals surface area contributed by atoms with E-state index in [-0.39, 0.29) is 11.3 Å². The Kier molecular flexibility index (Phi) is 7.86. The predicted molar refractivity (Wildman–Crippen MR) is 165 cm³/mol. The molecule has 2 aromatic heterocycles. The number of rotatable bonds is 9.